The summed E-state index contributed by atoms with van der Waals surface area (Å²) in [7, 11) is 0. The molecule has 5 nitrogen and oxygen atoms in total. The maximum Gasteiger partial charge on any atom is 0.269 e. The minimum Gasteiger partial charge on any atom is -0.485 e. The van der Waals surface area contributed by atoms with Crippen LogP contribution in [0.25, 0.3) is 20.8 Å². The maximum absolute atomic E-state index is 12.6. The molecule has 29 heavy (non-hydrogen) atoms. The molecule has 1 amide bonds. The number of carbonyl (C=O) groups is 1. The summed E-state index contributed by atoms with van der Waals surface area (Å²) in [5.41, 5.74) is 3.94. The molecule has 2 heterocycles. The number of nitrogens with zero attached hydrogens (tertiary/aromatic N) is 1. The summed E-state index contributed by atoms with van der Waals surface area (Å²) in [6.45, 7) is 2.25. The summed E-state index contributed by atoms with van der Waals surface area (Å²) < 4.78 is 12.5. The number of anilines is 1. The van der Waals surface area contributed by atoms with Crippen molar-refractivity contribution in [1.82, 2.24) is 4.98 Å². The number of fused-ring (bicyclic) bond motifs is 2. The molecule has 0 unspecified atom stereocenters. The van der Waals surface area contributed by atoms with Crippen LogP contribution in [0.1, 0.15) is 5.56 Å². The lowest BCUT2D eigenvalue weighted by Crippen LogP contribution is -2.40. The molecule has 0 aliphatic carbocycles. The number of nitrogens with one attached hydrogen (secondary N) is 1. The van der Waals surface area contributed by atoms with Crippen molar-refractivity contribution >= 4 is 33.1 Å². The lowest BCUT2D eigenvalue weighted by Gasteiger charge is -2.25. The summed E-state index contributed by atoms with van der Waals surface area (Å²) >= 11 is 1.66. The lowest BCUT2D eigenvalue weighted by atomic mass is 10.2. The zero-order valence-electron chi connectivity index (χ0n) is 15.7. The maximum atomic E-state index is 12.6. The molecule has 0 spiro atoms. The van der Waals surface area contributed by atoms with Crippen LogP contribution >= 0.6 is 11.3 Å². The van der Waals surface area contributed by atoms with Gasteiger partial charge in [0.15, 0.2) is 11.5 Å². The molecule has 0 saturated carbocycles. The smallest absolute Gasteiger partial charge is 0.269 e. The summed E-state index contributed by atoms with van der Waals surface area (Å²) in [6, 6.07) is 21.3. The molecular formula is C23H18N2O3S. The van der Waals surface area contributed by atoms with Crippen molar-refractivity contribution in [2.24, 2.45) is 0 Å². The first-order valence-corrected chi connectivity index (χ1v) is 10.1. The Hall–Kier alpha value is -3.38. The van der Waals surface area contributed by atoms with Crippen LogP contribution in [0.15, 0.2) is 66.7 Å². The summed E-state index contributed by atoms with van der Waals surface area (Å²) in [5, 5.41) is 3.86. The van der Waals surface area contributed by atoms with Gasteiger partial charge in [-0.1, -0.05) is 18.2 Å². The van der Waals surface area contributed by atoms with Crippen LogP contribution in [0.4, 0.5) is 5.69 Å². The van der Waals surface area contributed by atoms with Crippen molar-refractivity contribution in [1.29, 1.82) is 0 Å². The highest BCUT2D eigenvalue weighted by Crippen LogP contribution is 2.32. The Morgan fingerprint density at radius 2 is 1.86 bits per heavy atom. The lowest BCUT2D eigenvalue weighted by molar-refractivity contribution is -0.125. The quantitative estimate of drug-likeness (QED) is 0.521. The Bertz CT molecular complexity index is 1200. The molecule has 1 aliphatic rings. The molecule has 1 atom stereocenters. The fourth-order valence-electron chi connectivity index (χ4n) is 3.23. The van der Waals surface area contributed by atoms with Gasteiger partial charge in [0.1, 0.15) is 11.6 Å². The highest BCUT2D eigenvalue weighted by Gasteiger charge is 2.27. The van der Waals surface area contributed by atoms with Crippen molar-refractivity contribution < 1.29 is 14.3 Å². The number of carbonyl (C=O) groups excluding carboxylic acids is 1. The zero-order valence-corrected chi connectivity index (χ0v) is 16.5. The molecule has 1 N–H and O–H groups in total. The minimum atomic E-state index is -0.683. The van der Waals surface area contributed by atoms with Crippen LogP contribution in [0.5, 0.6) is 11.5 Å². The number of para-hydroxylation sites is 2. The number of aromatic nitrogens is 1. The number of benzene rings is 3. The van der Waals surface area contributed by atoms with Crippen molar-refractivity contribution in [2.45, 2.75) is 13.0 Å². The number of amides is 1. The molecule has 0 saturated heterocycles. The SMILES string of the molecule is Cc1ccc2sc(-c3ccc(NC(=O)[C@@H]4COc5ccccc5O4)cc3)nc2c1. The van der Waals surface area contributed by atoms with Gasteiger partial charge in [-0.2, -0.15) is 0 Å². The van der Waals surface area contributed by atoms with E-state index in [0.717, 1.165) is 20.8 Å². The molecule has 1 aromatic heterocycles. The number of thiazole rings is 1. The van der Waals surface area contributed by atoms with Crippen molar-refractivity contribution in [3.05, 3.63) is 72.3 Å². The fraction of sp³-hybridized carbons (Fsp3) is 0.130. The molecule has 5 rings (SSSR count). The Morgan fingerprint density at radius 3 is 2.69 bits per heavy atom. The summed E-state index contributed by atoms with van der Waals surface area (Å²) in [6.07, 6.45) is -0.683. The van der Waals surface area contributed by atoms with Crippen LogP contribution in [0, 0.1) is 6.92 Å². The third-order valence-electron chi connectivity index (χ3n) is 4.74. The predicted molar refractivity (Wildman–Crippen MR) is 115 cm³/mol. The van der Waals surface area contributed by atoms with Crippen LogP contribution in [0.3, 0.4) is 0 Å². The number of aryl methyl sites for hydroxylation is 1. The van der Waals surface area contributed by atoms with Crippen molar-refractivity contribution in [3.8, 4) is 22.1 Å². The minimum absolute atomic E-state index is 0.187. The van der Waals surface area contributed by atoms with Gasteiger partial charge in [0.2, 0.25) is 6.10 Å². The number of hydrogen-bond donors (Lipinski definition) is 1. The van der Waals surface area contributed by atoms with Crippen LogP contribution < -0.4 is 14.8 Å². The standard InChI is InChI=1S/C23H18N2O3S/c1-14-6-11-21-17(12-14)25-23(29-21)15-7-9-16(10-8-15)24-22(26)20-13-27-18-4-2-3-5-19(18)28-20/h2-12,20H,13H2,1H3,(H,24,26)/t20-/m0/s1. The molecule has 3 aromatic carbocycles. The first kappa shape index (κ1) is 17.7. The third kappa shape index (κ3) is 3.54. The second kappa shape index (κ2) is 7.22. The Balaban J connectivity index is 1.29. The second-order valence-electron chi connectivity index (χ2n) is 6.92. The average molecular weight is 402 g/mol. The van der Waals surface area contributed by atoms with E-state index in [-0.39, 0.29) is 12.5 Å². The van der Waals surface area contributed by atoms with Crippen LogP contribution in [-0.4, -0.2) is 23.6 Å². The normalized spacial score (nSPS) is 15.3. The molecule has 4 aromatic rings. The van der Waals surface area contributed by atoms with Crippen molar-refractivity contribution in [3.63, 3.8) is 0 Å². The van der Waals surface area contributed by atoms with Gasteiger partial charge in [0.25, 0.3) is 5.91 Å². The van der Waals surface area contributed by atoms with Gasteiger partial charge in [-0.3, -0.25) is 4.79 Å². The van der Waals surface area contributed by atoms with Crippen molar-refractivity contribution in [2.75, 3.05) is 11.9 Å². The average Bonchev–Trinajstić information content (AvgIpc) is 3.17. The summed E-state index contributed by atoms with van der Waals surface area (Å²) in [4.78, 5) is 17.3. The molecular weight excluding hydrogens is 384 g/mol. The topological polar surface area (TPSA) is 60.5 Å². The van der Waals surface area contributed by atoms with E-state index in [2.05, 4.69) is 30.4 Å². The number of rotatable bonds is 3. The van der Waals surface area contributed by atoms with Crippen LogP contribution in [0.2, 0.25) is 0 Å². The summed E-state index contributed by atoms with van der Waals surface area (Å²) in [5.74, 6) is 1.01. The second-order valence-corrected chi connectivity index (χ2v) is 7.95. The Kier molecular flexibility index (Phi) is 4.41. The third-order valence-corrected chi connectivity index (χ3v) is 5.83. The molecule has 144 valence electrons. The first-order chi connectivity index (χ1) is 14.2. The van der Waals surface area contributed by atoms with Gasteiger partial charge >= 0.3 is 0 Å². The van der Waals surface area contributed by atoms with Crippen LogP contribution in [-0.2, 0) is 4.79 Å². The van der Waals surface area contributed by atoms with Gasteiger partial charge in [0.05, 0.1) is 10.2 Å². The number of ether oxygens (including phenoxy) is 2. The van der Waals surface area contributed by atoms with E-state index in [1.165, 1.54) is 5.56 Å². The molecule has 0 fully saturated rings. The van der Waals surface area contributed by atoms with Gasteiger partial charge in [-0.05, 0) is 61.0 Å². The van der Waals surface area contributed by atoms with Gasteiger partial charge < -0.3 is 14.8 Å². The van der Waals surface area contributed by atoms with E-state index in [1.807, 2.05) is 42.5 Å². The van der Waals surface area contributed by atoms with Gasteiger partial charge in [-0.25, -0.2) is 4.98 Å². The molecule has 0 bridgehead atoms. The predicted octanol–water partition coefficient (Wildman–Crippen LogP) is 5.05. The van der Waals surface area contributed by atoms with E-state index in [4.69, 9.17) is 14.5 Å². The highest BCUT2D eigenvalue weighted by molar-refractivity contribution is 7.21. The Morgan fingerprint density at radius 1 is 1.07 bits per heavy atom. The highest BCUT2D eigenvalue weighted by atomic mass is 32.1. The van der Waals surface area contributed by atoms with E-state index in [1.54, 1.807) is 17.4 Å². The van der Waals surface area contributed by atoms with E-state index in [0.29, 0.717) is 17.2 Å². The molecule has 6 heteroatoms. The largest absolute Gasteiger partial charge is 0.485 e. The molecule has 0 radical (unpaired) electrons. The van der Waals surface area contributed by atoms with Gasteiger partial charge in [-0.15, -0.1) is 11.3 Å². The van der Waals surface area contributed by atoms with E-state index in [9.17, 15) is 4.79 Å². The van der Waals surface area contributed by atoms with E-state index < -0.39 is 6.10 Å². The molecule has 1 aliphatic heterocycles. The number of hydrogen-bond acceptors (Lipinski definition) is 5. The zero-order chi connectivity index (χ0) is 19.8. The first-order valence-electron chi connectivity index (χ1n) is 9.33. The Labute approximate surface area is 171 Å². The van der Waals surface area contributed by atoms with E-state index >= 15 is 0 Å². The van der Waals surface area contributed by atoms with Gasteiger partial charge in [0, 0.05) is 11.3 Å². The monoisotopic (exact) mass is 402 g/mol. The fourth-order valence-corrected chi connectivity index (χ4v) is 4.18.